The summed E-state index contributed by atoms with van der Waals surface area (Å²) in [6.07, 6.45) is 7.36. The highest BCUT2D eigenvalue weighted by Gasteiger charge is 2.25. The van der Waals surface area contributed by atoms with E-state index in [1.807, 2.05) is 19.3 Å². The zero-order valence-corrected chi connectivity index (χ0v) is 13.7. The molecule has 5 nitrogen and oxygen atoms in total. The standard InChI is InChI=1S/C19H17FN4O/c1-24-11-13(8-17(24)19(25)23-16-5-6-16)14-9-21-18(22-10-14)12-3-2-4-15(20)7-12/h2-4,7-11,16H,5-6H2,1H3,(H,23,25). The van der Waals surface area contributed by atoms with Gasteiger partial charge in [-0.05, 0) is 31.0 Å². The molecule has 1 amide bonds. The third kappa shape index (κ3) is 3.28. The Bertz CT molecular complexity index is 929. The van der Waals surface area contributed by atoms with Crippen LogP contribution in [-0.4, -0.2) is 26.5 Å². The van der Waals surface area contributed by atoms with Crippen molar-refractivity contribution in [2.24, 2.45) is 7.05 Å². The lowest BCUT2D eigenvalue weighted by Gasteiger charge is -2.03. The van der Waals surface area contributed by atoms with Crippen molar-refractivity contribution in [3.05, 3.63) is 60.4 Å². The predicted octanol–water partition coefficient (Wildman–Crippen LogP) is 3.18. The normalized spacial score (nSPS) is 13.7. The molecule has 4 rings (SSSR count). The van der Waals surface area contributed by atoms with E-state index in [2.05, 4.69) is 15.3 Å². The van der Waals surface area contributed by atoms with E-state index >= 15 is 0 Å². The number of carbonyl (C=O) groups excluding carboxylic acids is 1. The van der Waals surface area contributed by atoms with Gasteiger partial charge in [-0.15, -0.1) is 0 Å². The highest BCUT2D eigenvalue weighted by atomic mass is 19.1. The molecule has 0 unspecified atom stereocenters. The molecule has 1 saturated carbocycles. The van der Waals surface area contributed by atoms with E-state index in [1.165, 1.54) is 12.1 Å². The first-order valence-electron chi connectivity index (χ1n) is 8.16. The van der Waals surface area contributed by atoms with Crippen molar-refractivity contribution in [3.63, 3.8) is 0 Å². The minimum absolute atomic E-state index is 0.0615. The number of carbonyl (C=O) groups is 1. The molecule has 0 radical (unpaired) electrons. The summed E-state index contributed by atoms with van der Waals surface area (Å²) in [5, 5.41) is 2.99. The van der Waals surface area contributed by atoms with Crippen molar-refractivity contribution >= 4 is 5.91 Å². The maximum Gasteiger partial charge on any atom is 0.268 e. The monoisotopic (exact) mass is 336 g/mol. The number of rotatable bonds is 4. The second-order valence-electron chi connectivity index (χ2n) is 6.28. The van der Waals surface area contributed by atoms with E-state index in [-0.39, 0.29) is 11.7 Å². The van der Waals surface area contributed by atoms with E-state index < -0.39 is 0 Å². The number of hydrogen-bond acceptors (Lipinski definition) is 3. The van der Waals surface area contributed by atoms with Crippen LogP contribution in [-0.2, 0) is 7.05 Å². The SMILES string of the molecule is Cn1cc(-c2cnc(-c3cccc(F)c3)nc2)cc1C(=O)NC1CC1. The molecule has 2 heterocycles. The molecule has 0 aliphatic heterocycles. The van der Waals surface area contributed by atoms with Crippen molar-refractivity contribution in [3.8, 4) is 22.5 Å². The fourth-order valence-electron chi connectivity index (χ4n) is 2.69. The topological polar surface area (TPSA) is 59.8 Å². The maximum atomic E-state index is 13.3. The minimum Gasteiger partial charge on any atom is -0.348 e. The number of benzene rings is 1. The number of amides is 1. The molecular formula is C19H17FN4O. The van der Waals surface area contributed by atoms with Gasteiger partial charge in [-0.1, -0.05) is 12.1 Å². The molecule has 0 atom stereocenters. The van der Waals surface area contributed by atoms with Gasteiger partial charge >= 0.3 is 0 Å². The van der Waals surface area contributed by atoms with Crippen LogP contribution in [0.25, 0.3) is 22.5 Å². The number of hydrogen-bond donors (Lipinski definition) is 1. The molecule has 25 heavy (non-hydrogen) atoms. The van der Waals surface area contributed by atoms with Gasteiger partial charge in [0.2, 0.25) is 0 Å². The first-order chi connectivity index (χ1) is 12.1. The van der Waals surface area contributed by atoms with Crippen LogP contribution in [0.5, 0.6) is 0 Å². The first-order valence-corrected chi connectivity index (χ1v) is 8.16. The van der Waals surface area contributed by atoms with E-state index in [1.54, 1.807) is 29.1 Å². The summed E-state index contributed by atoms with van der Waals surface area (Å²) >= 11 is 0. The number of aryl methyl sites for hydroxylation is 1. The van der Waals surface area contributed by atoms with Crippen LogP contribution in [0, 0.1) is 5.82 Å². The summed E-state index contributed by atoms with van der Waals surface area (Å²) < 4.78 is 15.1. The molecule has 1 aliphatic rings. The van der Waals surface area contributed by atoms with Crippen molar-refractivity contribution in [1.29, 1.82) is 0 Å². The second kappa shape index (κ2) is 6.12. The average Bonchev–Trinajstić information content (AvgIpc) is 3.34. The van der Waals surface area contributed by atoms with Gasteiger partial charge in [-0.2, -0.15) is 0 Å². The minimum atomic E-state index is -0.320. The Hall–Kier alpha value is -3.02. The molecule has 3 aromatic rings. The predicted molar refractivity (Wildman–Crippen MR) is 92.3 cm³/mol. The van der Waals surface area contributed by atoms with Gasteiger partial charge in [0.1, 0.15) is 11.5 Å². The average molecular weight is 336 g/mol. The quantitative estimate of drug-likeness (QED) is 0.796. The lowest BCUT2D eigenvalue weighted by atomic mass is 10.1. The van der Waals surface area contributed by atoms with Crippen molar-refractivity contribution < 1.29 is 9.18 Å². The van der Waals surface area contributed by atoms with Gasteiger partial charge in [-0.3, -0.25) is 4.79 Å². The van der Waals surface area contributed by atoms with Crippen molar-refractivity contribution in [1.82, 2.24) is 19.9 Å². The molecule has 0 spiro atoms. The summed E-state index contributed by atoms with van der Waals surface area (Å²) in [5.74, 6) is 0.0824. The van der Waals surface area contributed by atoms with Crippen LogP contribution in [0.4, 0.5) is 4.39 Å². The molecule has 0 saturated heterocycles. The highest BCUT2D eigenvalue weighted by molar-refractivity contribution is 5.94. The van der Waals surface area contributed by atoms with Crippen molar-refractivity contribution in [2.45, 2.75) is 18.9 Å². The highest BCUT2D eigenvalue weighted by Crippen LogP contribution is 2.24. The van der Waals surface area contributed by atoms with Gasteiger partial charge < -0.3 is 9.88 Å². The molecule has 1 aromatic carbocycles. The van der Waals surface area contributed by atoms with Gasteiger partial charge in [0, 0.05) is 48.4 Å². The van der Waals surface area contributed by atoms with E-state index in [0.717, 1.165) is 24.0 Å². The molecule has 126 valence electrons. The van der Waals surface area contributed by atoms with E-state index in [9.17, 15) is 9.18 Å². The summed E-state index contributed by atoms with van der Waals surface area (Å²) in [4.78, 5) is 20.9. The number of aromatic nitrogens is 3. The molecule has 1 N–H and O–H groups in total. The molecule has 1 fully saturated rings. The van der Waals surface area contributed by atoms with E-state index in [4.69, 9.17) is 0 Å². The van der Waals surface area contributed by atoms with Crippen molar-refractivity contribution in [2.75, 3.05) is 0 Å². The zero-order chi connectivity index (χ0) is 17.4. The van der Waals surface area contributed by atoms with Gasteiger partial charge in [0.15, 0.2) is 5.82 Å². The Kier molecular flexibility index (Phi) is 3.80. The lowest BCUT2D eigenvalue weighted by molar-refractivity contribution is 0.0943. The van der Waals surface area contributed by atoms with Crippen LogP contribution >= 0.6 is 0 Å². The molecule has 1 aliphatic carbocycles. The summed E-state index contributed by atoms with van der Waals surface area (Å²) in [5.41, 5.74) is 2.91. The third-order valence-electron chi connectivity index (χ3n) is 4.22. The third-order valence-corrected chi connectivity index (χ3v) is 4.22. The van der Waals surface area contributed by atoms with E-state index in [0.29, 0.717) is 23.1 Å². The molecule has 6 heteroatoms. The van der Waals surface area contributed by atoms with Gasteiger partial charge in [-0.25, -0.2) is 14.4 Å². The van der Waals surface area contributed by atoms with Crippen LogP contribution in [0.2, 0.25) is 0 Å². The fraction of sp³-hybridized carbons (Fsp3) is 0.211. The number of halogens is 1. The Morgan fingerprint density at radius 2 is 1.92 bits per heavy atom. The Balaban J connectivity index is 1.58. The smallest absolute Gasteiger partial charge is 0.268 e. The molecule has 0 bridgehead atoms. The number of nitrogens with zero attached hydrogens (tertiary/aromatic N) is 3. The number of nitrogens with one attached hydrogen (secondary N) is 1. The summed E-state index contributed by atoms with van der Waals surface area (Å²) in [6, 6.07) is 8.33. The molecule has 2 aromatic heterocycles. The molecular weight excluding hydrogens is 319 g/mol. The zero-order valence-electron chi connectivity index (χ0n) is 13.7. The van der Waals surface area contributed by atoms with Crippen LogP contribution < -0.4 is 5.32 Å². The lowest BCUT2D eigenvalue weighted by Crippen LogP contribution is -2.27. The largest absolute Gasteiger partial charge is 0.348 e. The second-order valence-corrected chi connectivity index (χ2v) is 6.28. The van der Waals surface area contributed by atoms with Gasteiger partial charge in [0.05, 0.1) is 0 Å². The maximum absolute atomic E-state index is 13.3. The van der Waals surface area contributed by atoms with Crippen LogP contribution in [0.3, 0.4) is 0 Å². The Morgan fingerprint density at radius 3 is 2.60 bits per heavy atom. The Labute approximate surface area is 144 Å². The summed E-state index contributed by atoms with van der Waals surface area (Å²) in [6.45, 7) is 0. The van der Waals surface area contributed by atoms with Crippen LogP contribution in [0.1, 0.15) is 23.3 Å². The summed E-state index contributed by atoms with van der Waals surface area (Å²) in [7, 11) is 1.84. The fourth-order valence-corrected chi connectivity index (χ4v) is 2.69. The van der Waals surface area contributed by atoms with Crippen LogP contribution in [0.15, 0.2) is 48.9 Å². The van der Waals surface area contributed by atoms with Gasteiger partial charge in [0.25, 0.3) is 5.91 Å². The Morgan fingerprint density at radius 1 is 1.16 bits per heavy atom. The first kappa shape index (κ1) is 15.5.